The molecule has 0 saturated heterocycles. The lowest BCUT2D eigenvalue weighted by Gasteiger charge is -2.18. The van der Waals surface area contributed by atoms with Crippen LogP contribution in [0.5, 0.6) is 0 Å². The van der Waals surface area contributed by atoms with E-state index in [1.807, 2.05) is 42.5 Å². The fraction of sp³-hybridized carbons (Fsp3) is 0.250. The van der Waals surface area contributed by atoms with E-state index in [4.69, 9.17) is 5.11 Å². The van der Waals surface area contributed by atoms with E-state index in [1.165, 1.54) is 0 Å². The Morgan fingerprint density at radius 1 is 1.20 bits per heavy atom. The van der Waals surface area contributed by atoms with Crippen molar-refractivity contribution in [2.45, 2.75) is 18.9 Å². The first kappa shape index (κ1) is 14.2. The van der Waals surface area contributed by atoms with Crippen LogP contribution in [0.4, 0.5) is 0 Å². The quantitative estimate of drug-likeness (QED) is 0.842. The van der Waals surface area contributed by atoms with Crippen molar-refractivity contribution in [2.24, 2.45) is 0 Å². The van der Waals surface area contributed by atoms with Crippen molar-refractivity contribution in [3.63, 3.8) is 0 Å². The molecule has 0 fully saturated rings. The summed E-state index contributed by atoms with van der Waals surface area (Å²) in [6.45, 7) is 0.0345. The number of aromatic nitrogens is 1. The minimum atomic E-state index is -0.162. The first-order chi connectivity index (χ1) is 9.79. The van der Waals surface area contributed by atoms with Crippen molar-refractivity contribution in [1.29, 1.82) is 0 Å². The number of rotatable bonds is 6. The first-order valence-corrected chi connectivity index (χ1v) is 6.63. The summed E-state index contributed by atoms with van der Waals surface area (Å²) >= 11 is 0. The number of nitrogens with zero attached hydrogens (tertiary/aromatic N) is 1. The van der Waals surface area contributed by atoms with Gasteiger partial charge in [-0.25, -0.2) is 0 Å². The van der Waals surface area contributed by atoms with Gasteiger partial charge in [0.15, 0.2) is 0 Å². The van der Waals surface area contributed by atoms with Gasteiger partial charge in [-0.05, 0) is 23.6 Å². The molecule has 1 aromatic carbocycles. The second-order valence-corrected chi connectivity index (χ2v) is 4.58. The van der Waals surface area contributed by atoms with Gasteiger partial charge in [-0.15, -0.1) is 0 Å². The Bertz CT molecular complexity index is 529. The van der Waals surface area contributed by atoms with Crippen LogP contribution in [0.25, 0.3) is 0 Å². The number of hydrogen-bond acceptors (Lipinski definition) is 3. The highest BCUT2D eigenvalue weighted by atomic mass is 16.3. The van der Waals surface area contributed by atoms with Crippen molar-refractivity contribution in [2.75, 3.05) is 6.61 Å². The van der Waals surface area contributed by atoms with Gasteiger partial charge < -0.3 is 10.4 Å². The number of amides is 1. The normalized spacial score (nSPS) is 11.8. The number of carbonyl (C=O) groups is 1. The van der Waals surface area contributed by atoms with Gasteiger partial charge in [-0.3, -0.25) is 9.78 Å². The molecule has 1 amide bonds. The molecule has 0 aliphatic heterocycles. The maximum Gasteiger partial charge on any atom is 0.224 e. The number of aliphatic hydroxyl groups is 1. The maximum absolute atomic E-state index is 12.1. The lowest BCUT2D eigenvalue weighted by atomic mass is 10.0. The molecule has 0 spiro atoms. The third kappa shape index (κ3) is 4.17. The third-order valence-electron chi connectivity index (χ3n) is 3.04. The summed E-state index contributed by atoms with van der Waals surface area (Å²) < 4.78 is 0. The summed E-state index contributed by atoms with van der Waals surface area (Å²) in [5.74, 6) is -0.0692. The van der Waals surface area contributed by atoms with Gasteiger partial charge in [0.05, 0.1) is 12.5 Å². The molecule has 0 aliphatic rings. The van der Waals surface area contributed by atoms with Gasteiger partial charge in [0.2, 0.25) is 5.91 Å². The summed E-state index contributed by atoms with van der Waals surface area (Å²) in [7, 11) is 0. The molecule has 20 heavy (non-hydrogen) atoms. The minimum absolute atomic E-state index is 0.0345. The molecule has 0 unspecified atom stereocenters. The second kappa shape index (κ2) is 7.40. The Kier molecular flexibility index (Phi) is 5.26. The zero-order chi connectivity index (χ0) is 14.2. The number of benzene rings is 1. The van der Waals surface area contributed by atoms with Gasteiger partial charge >= 0.3 is 0 Å². The van der Waals surface area contributed by atoms with E-state index in [9.17, 15) is 4.79 Å². The fourth-order valence-corrected chi connectivity index (χ4v) is 2.07. The number of pyridine rings is 1. The predicted molar refractivity (Wildman–Crippen MR) is 77.0 cm³/mol. The minimum Gasteiger partial charge on any atom is -0.396 e. The van der Waals surface area contributed by atoms with E-state index in [2.05, 4.69) is 10.3 Å². The first-order valence-electron chi connectivity index (χ1n) is 6.63. The standard InChI is InChI=1S/C16H18N2O2/c19-10-8-15(14-6-2-1-3-7-14)18-16(20)11-13-5-4-9-17-12-13/h1-7,9,12,15,19H,8,10-11H2,(H,18,20)/t15-/m1/s1. The topological polar surface area (TPSA) is 62.2 Å². The number of carbonyl (C=O) groups excluding carboxylic acids is 1. The summed E-state index contributed by atoms with van der Waals surface area (Å²) in [5.41, 5.74) is 1.88. The largest absolute Gasteiger partial charge is 0.396 e. The van der Waals surface area contributed by atoms with Crippen molar-refractivity contribution in [1.82, 2.24) is 10.3 Å². The van der Waals surface area contributed by atoms with E-state index >= 15 is 0 Å². The monoisotopic (exact) mass is 270 g/mol. The average molecular weight is 270 g/mol. The summed E-state index contributed by atoms with van der Waals surface area (Å²) in [4.78, 5) is 16.0. The SMILES string of the molecule is O=C(Cc1cccnc1)N[C@H](CCO)c1ccccc1. The van der Waals surface area contributed by atoms with Crippen molar-refractivity contribution in [3.05, 3.63) is 66.0 Å². The van der Waals surface area contributed by atoms with Crippen LogP contribution in [0.3, 0.4) is 0 Å². The zero-order valence-corrected chi connectivity index (χ0v) is 11.2. The molecule has 104 valence electrons. The maximum atomic E-state index is 12.1. The molecule has 2 rings (SSSR count). The van der Waals surface area contributed by atoms with Crippen molar-refractivity contribution < 1.29 is 9.90 Å². The van der Waals surface area contributed by atoms with Crippen LogP contribution in [0.15, 0.2) is 54.9 Å². The molecule has 4 heteroatoms. The second-order valence-electron chi connectivity index (χ2n) is 4.58. The van der Waals surface area contributed by atoms with E-state index in [0.29, 0.717) is 12.8 Å². The van der Waals surface area contributed by atoms with E-state index in [0.717, 1.165) is 11.1 Å². The molecule has 0 bridgehead atoms. The third-order valence-corrected chi connectivity index (χ3v) is 3.04. The molecular formula is C16H18N2O2. The Balaban J connectivity index is 1.99. The highest BCUT2D eigenvalue weighted by Gasteiger charge is 2.14. The van der Waals surface area contributed by atoms with Crippen LogP contribution < -0.4 is 5.32 Å². The molecule has 1 heterocycles. The van der Waals surface area contributed by atoms with E-state index < -0.39 is 0 Å². The van der Waals surface area contributed by atoms with Gasteiger partial charge in [-0.2, -0.15) is 0 Å². The molecule has 0 aliphatic carbocycles. The van der Waals surface area contributed by atoms with Gasteiger partial charge in [0.25, 0.3) is 0 Å². The van der Waals surface area contributed by atoms with Crippen molar-refractivity contribution >= 4 is 5.91 Å². The molecule has 0 saturated carbocycles. The molecule has 1 atom stereocenters. The number of aliphatic hydroxyl groups excluding tert-OH is 1. The highest BCUT2D eigenvalue weighted by Crippen LogP contribution is 2.16. The molecule has 2 N–H and O–H groups in total. The Morgan fingerprint density at radius 2 is 2.00 bits per heavy atom. The fourth-order valence-electron chi connectivity index (χ4n) is 2.07. The van der Waals surface area contributed by atoms with Crippen LogP contribution in [-0.2, 0) is 11.2 Å². The molecular weight excluding hydrogens is 252 g/mol. The summed E-state index contributed by atoms with van der Waals surface area (Å²) in [6, 6.07) is 13.2. The lowest BCUT2D eigenvalue weighted by Crippen LogP contribution is -2.30. The van der Waals surface area contributed by atoms with Crippen LogP contribution >= 0.6 is 0 Å². The number of nitrogens with one attached hydrogen (secondary N) is 1. The Morgan fingerprint density at radius 3 is 2.65 bits per heavy atom. The zero-order valence-electron chi connectivity index (χ0n) is 11.2. The smallest absolute Gasteiger partial charge is 0.224 e. The molecule has 4 nitrogen and oxygen atoms in total. The van der Waals surface area contributed by atoms with Crippen LogP contribution in [0.1, 0.15) is 23.6 Å². The molecule has 0 radical (unpaired) electrons. The molecule has 1 aromatic heterocycles. The van der Waals surface area contributed by atoms with Gasteiger partial charge in [0.1, 0.15) is 0 Å². The summed E-state index contributed by atoms with van der Waals surface area (Å²) in [6.07, 6.45) is 4.16. The predicted octanol–water partition coefficient (Wildman–Crippen LogP) is 1.86. The summed E-state index contributed by atoms with van der Waals surface area (Å²) in [5, 5.41) is 12.1. The van der Waals surface area contributed by atoms with Gasteiger partial charge in [0, 0.05) is 19.0 Å². The van der Waals surface area contributed by atoms with Crippen LogP contribution in [0, 0.1) is 0 Å². The Labute approximate surface area is 118 Å². The van der Waals surface area contributed by atoms with Gasteiger partial charge in [-0.1, -0.05) is 36.4 Å². The van der Waals surface area contributed by atoms with Crippen LogP contribution in [0.2, 0.25) is 0 Å². The lowest BCUT2D eigenvalue weighted by molar-refractivity contribution is -0.121. The van der Waals surface area contributed by atoms with Crippen LogP contribution in [-0.4, -0.2) is 22.6 Å². The van der Waals surface area contributed by atoms with E-state index in [1.54, 1.807) is 12.4 Å². The average Bonchev–Trinajstić information content (AvgIpc) is 2.49. The molecule has 2 aromatic rings. The van der Waals surface area contributed by atoms with Crippen molar-refractivity contribution in [3.8, 4) is 0 Å². The highest BCUT2D eigenvalue weighted by molar-refractivity contribution is 5.78. The number of hydrogen-bond donors (Lipinski definition) is 2. The Hall–Kier alpha value is -2.20. The van der Waals surface area contributed by atoms with E-state index in [-0.39, 0.29) is 18.6 Å².